The van der Waals surface area contributed by atoms with Gasteiger partial charge < -0.3 is 11.1 Å². The van der Waals surface area contributed by atoms with Crippen molar-refractivity contribution in [3.05, 3.63) is 28.2 Å². The average molecular weight is 287 g/mol. The third kappa shape index (κ3) is 3.80. The molecule has 0 bridgehead atoms. The zero-order valence-electron chi connectivity index (χ0n) is 9.10. The molecule has 0 radical (unpaired) electrons. The Balaban J connectivity index is 3.13. The molecule has 1 aromatic carbocycles. The quantitative estimate of drug-likeness (QED) is 0.820. The number of anilines is 1. The molecule has 2 nitrogen and oxygen atoms in total. The minimum atomic E-state index is -0.0136. The van der Waals surface area contributed by atoms with Crippen molar-refractivity contribution in [3.8, 4) is 0 Å². The standard InChI is InChI=1S/C11H15BrN2S/c1-11(2,3)14-9-6-7(12)4-5-8(9)10(13)15/h4-6,14H,1-3H3,(H2,13,15). The van der Waals surface area contributed by atoms with Gasteiger partial charge >= 0.3 is 0 Å². The molecule has 0 heterocycles. The first-order valence-electron chi connectivity index (χ1n) is 4.67. The van der Waals surface area contributed by atoms with Gasteiger partial charge in [0.25, 0.3) is 0 Å². The van der Waals surface area contributed by atoms with E-state index in [-0.39, 0.29) is 5.54 Å². The molecule has 1 aromatic rings. The second kappa shape index (κ2) is 4.49. The summed E-state index contributed by atoms with van der Waals surface area (Å²) in [5.74, 6) is 0. The molecule has 0 aliphatic heterocycles. The molecule has 4 heteroatoms. The highest BCUT2D eigenvalue weighted by Crippen LogP contribution is 2.24. The van der Waals surface area contributed by atoms with Crippen LogP contribution in [-0.2, 0) is 0 Å². The van der Waals surface area contributed by atoms with E-state index in [2.05, 4.69) is 42.0 Å². The highest BCUT2D eigenvalue weighted by molar-refractivity contribution is 9.10. The van der Waals surface area contributed by atoms with Crippen LogP contribution in [0.25, 0.3) is 0 Å². The van der Waals surface area contributed by atoms with Crippen molar-refractivity contribution in [2.75, 3.05) is 5.32 Å². The van der Waals surface area contributed by atoms with Gasteiger partial charge in [-0.25, -0.2) is 0 Å². The summed E-state index contributed by atoms with van der Waals surface area (Å²) in [7, 11) is 0. The van der Waals surface area contributed by atoms with Gasteiger partial charge in [0.15, 0.2) is 0 Å². The molecule has 3 N–H and O–H groups in total. The Morgan fingerprint density at radius 3 is 2.47 bits per heavy atom. The van der Waals surface area contributed by atoms with Gasteiger partial charge in [-0.15, -0.1) is 0 Å². The molecule has 0 aromatic heterocycles. The van der Waals surface area contributed by atoms with Gasteiger partial charge in [0.1, 0.15) is 4.99 Å². The number of hydrogen-bond acceptors (Lipinski definition) is 2. The third-order valence-electron chi connectivity index (χ3n) is 1.76. The van der Waals surface area contributed by atoms with Crippen molar-refractivity contribution in [1.82, 2.24) is 0 Å². The molecule has 0 unspecified atom stereocenters. The Morgan fingerprint density at radius 1 is 1.40 bits per heavy atom. The van der Waals surface area contributed by atoms with Crippen LogP contribution in [0.4, 0.5) is 5.69 Å². The molecule has 0 aliphatic rings. The number of nitrogens with two attached hydrogens (primary N) is 1. The van der Waals surface area contributed by atoms with Crippen molar-refractivity contribution < 1.29 is 0 Å². The molecular weight excluding hydrogens is 272 g/mol. The molecule has 1 rings (SSSR count). The molecule has 0 amide bonds. The normalized spacial score (nSPS) is 11.2. The fourth-order valence-corrected chi connectivity index (χ4v) is 1.78. The summed E-state index contributed by atoms with van der Waals surface area (Å²) >= 11 is 8.43. The molecular formula is C11H15BrN2S. The maximum absolute atomic E-state index is 5.66. The van der Waals surface area contributed by atoms with Crippen LogP contribution >= 0.6 is 28.1 Å². The van der Waals surface area contributed by atoms with Crippen LogP contribution in [0.15, 0.2) is 22.7 Å². The fourth-order valence-electron chi connectivity index (χ4n) is 1.24. The van der Waals surface area contributed by atoms with Crippen LogP contribution in [0.5, 0.6) is 0 Å². The number of benzene rings is 1. The lowest BCUT2D eigenvalue weighted by atomic mass is 10.1. The zero-order valence-corrected chi connectivity index (χ0v) is 11.5. The van der Waals surface area contributed by atoms with Crippen molar-refractivity contribution in [2.45, 2.75) is 26.3 Å². The highest BCUT2D eigenvalue weighted by Gasteiger charge is 2.13. The van der Waals surface area contributed by atoms with E-state index in [0.29, 0.717) is 4.99 Å². The Labute approximate surface area is 104 Å². The number of nitrogens with one attached hydrogen (secondary N) is 1. The number of halogens is 1. The molecule has 0 fully saturated rings. The minimum Gasteiger partial charge on any atom is -0.389 e. The van der Waals surface area contributed by atoms with Crippen molar-refractivity contribution in [1.29, 1.82) is 0 Å². The summed E-state index contributed by atoms with van der Waals surface area (Å²) in [5, 5.41) is 3.37. The van der Waals surface area contributed by atoms with Gasteiger partial charge in [-0.2, -0.15) is 0 Å². The van der Waals surface area contributed by atoms with Crippen LogP contribution in [0.1, 0.15) is 26.3 Å². The van der Waals surface area contributed by atoms with Crippen molar-refractivity contribution >= 4 is 38.8 Å². The number of hydrogen-bond donors (Lipinski definition) is 2. The third-order valence-corrected chi connectivity index (χ3v) is 2.47. The summed E-state index contributed by atoms with van der Waals surface area (Å²) in [6, 6.07) is 5.84. The molecule has 0 aliphatic carbocycles. The average Bonchev–Trinajstić information content (AvgIpc) is 1.99. The van der Waals surface area contributed by atoms with E-state index in [4.69, 9.17) is 18.0 Å². The van der Waals surface area contributed by atoms with Gasteiger partial charge in [0.05, 0.1) is 0 Å². The van der Waals surface area contributed by atoms with Crippen molar-refractivity contribution in [3.63, 3.8) is 0 Å². The highest BCUT2D eigenvalue weighted by atomic mass is 79.9. The second-order valence-electron chi connectivity index (χ2n) is 4.43. The second-order valence-corrected chi connectivity index (χ2v) is 5.78. The lowest BCUT2D eigenvalue weighted by molar-refractivity contribution is 0.634. The van der Waals surface area contributed by atoms with Crippen LogP contribution in [0, 0.1) is 0 Å². The summed E-state index contributed by atoms with van der Waals surface area (Å²) < 4.78 is 1.01. The smallest absolute Gasteiger partial charge is 0.106 e. The predicted molar refractivity (Wildman–Crippen MR) is 73.4 cm³/mol. The molecule has 0 spiro atoms. The van der Waals surface area contributed by atoms with E-state index in [1.807, 2.05) is 18.2 Å². The summed E-state index contributed by atoms with van der Waals surface area (Å²) in [6.45, 7) is 6.28. The largest absolute Gasteiger partial charge is 0.389 e. The molecule has 15 heavy (non-hydrogen) atoms. The fraction of sp³-hybridized carbons (Fsp3) is 0.364. The lowest BCUT2D eigenvalue weighted by Crippen LogP contribution is -2.27. The minimum absolute atomic E-state index is 0.0136. The van der Waals surface area contributed by atoms with E-state index < -0.39 is 0 Å². The van der Waals surface area contributed by atoms with Gasteiger partial charge in [0, 0.05) is 21.3 Å². The number of rotatable bonds is 2. The van der Waals surface area contributed by atoms with Crippen LogP contribution in [-0.4, -0.2) is 10.5 Å². The Bertz CT molecular complexity index is 383. The first-order chi connectivity index (χ1) is 6.79. The first kappa shape index (κ1) is 12.5. The molecule has 0 saturated carbocycles. The summed E-state index contributed by atoms with van der Waals surface area (Å²) in [4.78, 5) is 0.411. The van der Waals surface area contributed by atoms with Gasteiger partial charge in [0.2, 0.25) is 0 Å². The first-order valence-corrected chi connectivity index (χ1v) is 5.87. The van der Waals surface area contributed by atoms with E-state index in [1.165, 1.54) is 0 Å². The Hall–Kier alpha value is -0.610. The Morgan fingerprint density at radius 2 is 2.00 bits per heavy atom. The SMILES string of the molecule is CC(C)(C)Nc1cc(Br)ccc1C(N)=S. The van der Waals surface area contributed by atoms with E-state index in [9.17, 15) is 0 Å². The number of thiocarbonyl (C=S) groups is 1. The van der Waals surface area contributed by atoms with Crippen molar-refractivity contribution in [2.24, 2.45) is 5.73 Å². The lowest BCUT2D eigenvalue weighted by Gasteiger charge is -2.24. The zero-order chi connectivity index (χ0) is 11.6. The van der Waals surface area contributed by atoms with Gasteiger partial charge in [-0.1, -0.05) is 28.1 Å². The summed E-state index contributed by atoms with van der Waals surface area (Å²) in [5.41, 5.74) is 7.49. The van der Waals surface area contributed by atoms with Crippen LogP contribution < -0.4 is 11.1 Å². The van der Waals surface area contributed by atoms with Crippen LogP contribution in [0.2, 0.25) is 0 Å². The van der Waals surface area contributed by atoms with E-state index in [0.717, 1.165) is 15.7 Å². The maximum atomic E-state index is 5.66. The van der Waals surface area contributed by atoms with Gasteiger partial charge in [-0.3, -0.25) is 0 Å². The van der Waals surface area contributed by atoms with Gasteiger partial charge in [-0.05, 0) is 39.0 Å². The maximum Gasteiger partial charge on any atom is 0.106 e. The predicted octanol–water partition coefficient (Wildman–Crippen LogP) is 3.29. The van der Waals surface area contributed by atoms with E-state index >= 15 is 0 Å². The molecule has 0 saturated heterocycles. The molecule has 0 atom stereocenters. The summed E-state index contributed by atoms with van der Waals surface area (Å²) in [6.07, 6.45) is 0. The van der Waals surface area contributed by atoms with E-state index in [1.54, 1.807) is 0 Å². The topological polar surface area (TPSA) is 38.0 Å². The monoisotopic (exact) mass is 286 g/mol. The molecule has 82 valence electrons. The Kier molecular flexibility index (Phi) is 3.73. The van der Waals surface area contributed by atoms with Crippen LogP contribution in [0.3, 0.4) is 0 Å².